The monoisotopic (exact) mass is 556 g/mol. The number of benzene rings is 2. The van der Waals surface area contributed by atoms with Crippen LogP contribution < -0.4 is 0 Å². The summed E-state index contributed by atoms with van der Waals surface area (Å²) in [5.74, 6) is -5.14. The third kappa shape index (κ3) is 6.64. The molecule has 2 aliphatic rings. The van der Waals surface area contributed by atoms with Crippen molar-refractivity contribution in [3.63, 3.8) is 0 Å². The van der Waals surface area contributed by atoms with E-state index in [0.29, 0.717) is 0 Å². The normalized spacial score (nSPS) is 13.1. The highest BCUT2D eigenvalue weighted by atomic mass is 16.4. The molecule has 4 rings (SSSR count). The Labute approximate surface area is 228 Å². The highest BCUT2D eigenvalue weighted by molar-refractivity contribution is 6.33. The molecule has 2 N–H and O–H groups in total. The van der Waals surface area contributed by atoms with E-state index < -0.39 is 48.4 Å². The molecule has 6 amide bonds. The molecule has 0 radical (unpaired) electrons. The molecule has 2 aromatic rings. The van der Waals surface area contributed by atoms with Crippen molar-refractivity contribution < 1.29 is 48.6 Å². The first-order valence-corrected chi connectivity index (χ1v) is 11.8. The van der Waals surface area contributed by atoms with E-state index in [1.165, 1.54) is 34.1 Å². The number of amides is 6. The van der Waals surface area contributed by atoms with Gasteiger partial charge in [0.25, 0.3) is 23.6 Å². The van der Waals surface area contributed by atoms with E-state index in [1.807, 2.05) is 0 Å². The molecule has 212 valence electrons. The maximum absolute atomic E-state index is 12.8. The summed E-state index contributed by atoms with van der Waals surface area (Å²) in [5, 5.41) is 18.1. The minimum absolute atomic E-state index is 0.0928. The second-order valence-electron chi connectivity index (χ2n) is 9.02. The van der Waals surface area contributed by atoms with Gasteiger partial charge in [0.2, 0.25) is 12.8 Å². The van der Waals surface area contributed by atoms with E-state index in [2.05, 4.69) is 0 Å². The molecule has 14 nitrogen and oxygen atoms in total. The van der Waals surface area contributed by atoms with Crippen LogP contribution in [0.2, 0.25) is 0 Å². The van der Waals surface area contributed by atoms with Crippen LogP contribution in [0, 0.1) is 0 Å². The van der Waals surface area contributed by atoms with Gasteiger partial charge in [-0.2, -0.15) is 0 Å². The molecule has 2 aromatic carbocycles. The van der Waals surface area contributed by atoms with Gasteiger partial charge in [0.1, 0.15) is 0 Å². The molecule has 0 unspecified atom stereocenters. The summed E-state index contributed by atoms with van der Waals surface area (Å²) < 4.78 is 0. The number of carboxylic acid groups (broad SMARTS) is 2. The third-order valence-electron chi connectivity index (χ3n) is 5.58. The summed E-state index contributed by atoms with van der Waals surface area (Å²) in [6.45, 7) is -0.615. The summed E-state index contributed by atoms with van der Waals surface area (Å²) in [6.07, 6.45) is 0.670. The molecule has 2 aliphatic heterocycles. The SMILES string of the molecule is CN(C)C=O.CN(C)C=O.O=C(O)CCN1C(=O)c2ccc3c4c(ccc(c24)C1=O)C(=O)N(CCC(=O)O)C3=O. The second kappa shape index (κ2) is 13.1. The van der Waals surface area contributed by atoms with E-state index in [1.54, 1.807) is 28.2 Å². The van der Waals surface area contributed by atoms with Crippen molar-refractivity contribution in [3.05, 3.63) is 46.5 Å². The Bertz CT molecular complexity index is 1220. The molecular weight excluding hydrogens is 528 g/mol. The van der Waals surface area contributed by atoms with E-state index in [-0.39, 0.29) is 46.1 Å². The topological polar surface area (TPSA) is 190 Å². The van der Waals surface area contributed by atoms with Gasteiger partial charge in [-0.25, -0.2) is 0 Å². The Kier molecular flexibility index (Phi) is 10.2. The van der Waals surface area contributed by atoms with Crippen molar-refractivity contribution in [2.75, 3.05) is 41.3 Å². The van der Waals surface area contributed by atoms with E-state index in [9.17, 15) is 38.4 Å². The average Bonchev–Trinajstić information content (AvgIpc) is 2.90. The molecule has 14 heteroatoms. The maximum Gasteiger partial charge on any atom is 0.305 e. The largest absolute Gasteiger partial charge is 0.481 e. The average molecular weight is 557 g/mol. The highest BCUT2D eigenvalue weighted by Gasteiger charge is 2.39. The Morgan fingerprint density at radius 3 is 1.02 bits per heavy atom. The fourth-order valence-electron chi connectivity index (χ4n) is 3.80. The van der Waals surface area contributed by atoms with Crippen molar-refractivity contribution >= 4 is 59.2 Å². The number of carbonyl (C=O) groups is 8. The zero-order valence-electron chi connectivity index (χ0n) is 22.2. The number of rotatable bonds is 8. The fourth-order valence-corrected chi connectivity index (χ4v) is 3.80. The van der Waals surface area contributed by atoms with Crippen molar-refractivity contribution in [2.45, 2.75) is 12.8 Å². The van der Waals surface area contributed by atoms with Crippen molar-refractivity contribution in [3.8, 4) is 0 Å². The number of hydrogen-bond donors (Lipinski definition) is 2. The van der Waals surface area contributed by atoms with Gasteiger partial charge >= 0.3 is 11.9 Å². The zero-order chi connectivity index (χ0) is 30.3. The van der Waals surface area contributed by atoms with Gasteiger partial charge in [0, 0.05) is 74.3 Å². The lowest BCUT2D eigenvalue weighted by Gasteiger charge is -2.31. The van der Waals surface area contributed by atoms with Gasteiger partial charge in [-0.05, 0) is 24.3 Å². The standard InChI is InChI=1S/C20H14N2O8.2C3H7NO/c23-13(24)5-7-21-17(27)9-1-2-10-16-12(4-3-11(15(9)16)19(21)29)20(30)22(18(10)28)8-6-14(25)26;2*1-4(2)3-5/h1-4H,5-8H2,(H,23,24)(H,25,26);2*3H,1-2H3. The lowest BCUT2D eigenvalue weighted by molar-refractivity contribution is -0.138. The van der Waals surface area contributed by atoms with Gasteiger partial charge in [0.15, 0.2) is 0 Å². The molecule has 0 bridgehead atoms. The molecule has 2 heterocycles. The predicted molar refractivity (Wildman–Crippen MR) is 139 cm³/mol. The Balaban J connectivity index is 0.000000482. The lowest BCUT2D eigenvalue weighted by Crippen LogP contribution is -2.44. The Morgan fingerprint density at radius 2 is 0.850 bits per heavy atom. The van der Waals surface area contributed by atoms with Crippen LogP contribution in [0.3, 0.4) is 0 Å². The van der Waals surface area contributed by atoms with Crippen LogP contribution in [0.25, 0.3) is 10.8 Å². The van der Waals surface area contributed by atoms with E-state index in [4.69, 9.17) is 10.2 Å². The Morgan fingerprint density at radius 1 is 0.625 bits per heavy atom. The first-order chi connectivity index (χ1) is 18.8. The molecule has 0 spiro atoms. The molecular formula is C26H28N4O10. The maximum atomic E-state index is 12.8. The molecule has 0 fully saturated rings. The van der Waals surface area contributed by atoms with Gasteiger partial charge in [-0.15, -0.1) is 0 Å². The van der Waals surface area contributed by atoms with Crippen LogP contribution in [0.1, 0.15) is 54.3 Å². The van der Waals surface area contributed by atoms with Gasteiger partial charge in [0.05, 0.1) is 12.8 Å². The number of hydrogen-bond acceptors (Lipinski definition) is 8. The second-order valence-corrected chi connectivity index (χ2v) is 9.02. The number of carboxylic acids is 2. The highest BCUT2D eigenvalue weighted by Crippen LogP contribution is 2.37. The van der Waals surface area contributed by atoms with Crippen LogP contribution in [-0.2, 0) is 19.2 Å². The van der Waals surface area contributed by atoms with Crippen molar-refractivity contribution in [1.29, 1.82) is 0 Å². The zero-order valence-corrected chi connectivity index (χ0v) is 22.2. The number of imide groups is 2. The number of carbonyl (C=O) groups excluding carboxylic acids is 6. The van der Waals surface area contributed by atoms with Gasteiger partial charge < -0.3 is 20.0 Å². The van der Waals surface area contributed by atoms with Crippen LogP contribution in [0.15, 0.2) is 24.3 Å². The van der Waals surface area contributed by atoms with Crippen LogP contribution in [0.4, 0.5) is 0 Å². The van der Waals surface area contributed by atoms with E-state index >= 15 is 0 Å². The van der Waals surface area contributed by atoms with Gasteiger partial charge in [-0.1, -0.05) is 0 Å². The molecule has 0 atom stereocenters. The molecule has 40 heavy (non-hydrogen) atoms. The van der Waals surface area contributed by atoms with Crippen LogP contribution in [-0.4, -0.2) is 119 Å². The minimum atomic E-state index is -1.16. The number of aliphatic carboxylic acids is 2. The van der Waals surface area contributed by atoms with Crippen molar-refractivity contribution in [2.24, 2.45) is 0 Å². The number of nitrogens with zero attached hydrogens (tertiary/aromatic N) is 4. The van der Waals surface area contributed by atoms with Crippen LogP contribution >= 0.6 is 0 Å². The third-order valence-corrected chi connectivity index (χ3v) is 5.58. The fraction of sp³-hybridized carbons (Fsp3) is 0.308. The lowest BCUT2D eigenvalue weighted by atomic mass is 9.86. The van der Waals surface area contributed by atoms with Crippen LogP contribution in [0.5, 0.6) is 0 Å². The predicted octanol–water partition coefficient (Wildman–Crippen LogP) is 0.390. The molecule has 0 aliphatic carbocycles. The summed E-state index contributed by atoms with van der Waals surface area (Å²) in [7, 11) is 6.75. The summed E-state index contributed by atoms with van der Waals surface area (Å²) in [6, 6.07) is 5.43. The first-order valence-electron chi connectivity index (χ1n) is 11.8. The quantitative estimate of drug-likeness (QED) is 0.340. The Hall–Kier alpha value is -5.14. The van der Waals surface area contributed by atoms with E-state index in [0.717, 1.165) is 22.6 Å². The molecule has 0 saturated heterocycles. The molecule has 0 saturated carbocycles. The van der Waals surface area contributed by atoms with Crippen molar-refractivity contribution in [1.82, 2.24) is 19.6 Å². The first kappa shape index (κ1) is 31.1. The summed E-state index contributed by atoms with van der Waals surface area (Å²) >= 11 is 0. The smallest absolute Gasteiger partial charge is 0.305 e. The van der Waals surface area contributed by atoms with Gasteiger partial charge in [-0.3, -0.25) is 48.2 Å². The minimum Gasteiger partial charge on any atom is -0.481 e. The molecule has 0 aromatic heterocycles. The summed E-state index contributed by atoms with van der Waals surface area (Å²) in [5.41, 5.74) is 0.371. The summed E-state index contributed by atoms with van der Waals surface area (Å²) in [4.78, 5) is 96.4.